The third-order valence-electron chi connectivity index (χ3n) is 5.46. The summed E-state index contributed by atoms with van der Waals surface area (Å²) in [6, 6.07) is 0. The minimum atomic E-state index is -1.10. The molecular formula is C22H40O4. The quantitative estimate of drug-likeness (QED) is 0.362. The highest BCUT2D eigenvalue weighted by molar-refractivity contribution is 6.01. The van der Waals surface area contributed by atoms with E-state index in [1.165, 1.54) is 0 Å². The van der Waals surface area contributed by atoms with Gasteiger partial charge in [-0.3, -0.25) is 9.59 Å². The Morgan fingerprint density at radius 2 is 1.46 bits per heavy atom. The van der Waals surface area contributed by atoms with E-state index in [0.717, 1.165) is 38.5 Å². The first kappa shape index (κ1) is 23.0. The first-order chi connectivity index (χ1) is 12.3. The van der Waals surface area contributed by atoms with Crippen LogP contribution in [0.25, 0.3) is 0 Å². The van der Waals surface area contributed by atoms with Crippen molar-refractivity contribution in [3.8, 4) is 0 Å². The average molecular weight is 369 g/mol. The van der Waals surface area contributed by atoms with Crippen LogP contribution in [0.4, 0.5) is 0 Å². The van der Waals surface area contributed by atoms with Gasteiger partial charge in [0.25, 0.3) is 0 Å². The summed E-state index contributed by atoms with van der Waals surface area (Å²) in [5, 5.41) is 0. The van der Waals surface area contributed by atoms with Gasteiger partial charge in [0.1, 0.15) is 0 Å². The molecule has 0 aromatic heterocycles. The van der Waals surface area contributed by atoms with Gasteiger partial charge in [-0.25, -0.2) is 0 Å². The Kier molecular flexibility index (Phi) is 9.67. The second kappa shape index (κ2) is 10.9. The minimum absolute atomic E-state index is 0.0433. The van der Waals surface area contributed by atoms with Gasteiger partial charge < -0.3 is 9.47 Å². The van der Waals surface area contributed by atoms with Crippen LogP contribution in [0.1, 0.15) is 86.5 Å². The van der Waals surface area contributed by atoms with Gasteiger partial charge in [-0.05, 0) is 42.9 Å². The maximum absolute atomic E-state index is 13.2. The normalized spacial score (nSPS) is 22.0. The predicted octanol–water partition coefficient (Wildman–Crippen LogP) is 5.39. The molecule has 0 aromatic carbocycles. The summed E-state index contributed by atoms with van der Waals surface area (Å²) < 4.78 is 11.2. The maximum atomic E-state index is 13.2. The minimum Gasteiger partial charge on any atom is -0.465 e. The summed E-state index contributed by atoms with van der Waals surface area (Å²) in [5.74, 6) is 0.264. The number of hydrogen-bond donors (Lipinski definition) is 0. The van der Waals surface area contributed by atoms with E-state index in [1.807, 2.05) is 27.7 Å². The van der Waals surface area contributed by atoms with E-state index in [4.69, 9.17) is 9.47 Å². The van der Waals surface area contributed by atoms with Gasteiger partial charge >= 0.3 is 11.9 Å². The Bertz CT molecular complexity index is 417. The molecule has 152 valence electrons. The Balaban J connectivity index is 3.14. The number of unbranched alkanes of at least 4 members (excludes halogenated alkanes) is 1. The summed E-state index contributed by atoms with van der Waals surface area (Å²) in [4.78, 5) is 26.3. The van der Waals surface area contributed by atoms with Crippen molar-refractivity contribution in [1.29, 1.82) is 0 Å². The van der Waals surface area contributed by atoms with Crippen LogP contribution in [0.5, 0.6) is 0 Å². The van der Waals surface area contributed by atoms with Crippen LogP contribution < -0.4 is 0 Å². The van der Waals surface area contributed by atoms with E-state index in [2.05, 4.69) is 13.8 Å². The molecule has 1 aliphatic carbocycles. The molecule has 26 heavy (non-hydrogen) atoms. The van der Waals surface area contributed by atoms with Crippen molar-refractivity contribution >= 4 is 11.9 Å². The number of hydrogen-bond acceptors (Lipinski definition) is 4. The smallest absolute Gasteiger partial charge is 0.323 e. The lowest BCUT2D eigenvalue weighted by atomic mass is 9.72. The molecule has 0 amide bonds. The van der Waals surface area contributed by atoms with E-state index in [9.17, 15) is 9.59 Å². The van der Waals surface area contributed by atoms with E-state index in [-0.39, 0.29) is 29.7 Å². The van der Waals surface area contributed by atoms with Crippen molar-refractivity contribution < 1.29 is 19.1 Å². The zero-order chi connectivity index (χ0) is 19.7. The molecule has 0 radical (unpaired) electrons. The molecule has 1 aliphatic rings. The van der Waals surface area contributed by atoms with Crippen LogP contribution in [0.15, 0.2) is 0 Å². The van der Waals surface area contributed by atoms with E-state index < -0.39 is 5.41 Å². The van der Waals surface area contributed by atoms with Gasteiger partial charge in [0, 0.05) is 0 Å². The second-order valence-electron chi connectivity index (χ2n) is 8.79. The Morgan fingerprint density at radius 3 is 1.88 bits per heavy atom. The standard InChI is InChI=1S/C22H40O4/c1-7-9-11-19-18(10-8-2)12-13-22(19,20(23)25-14-16(3)4)21(24)26-15-17(5)6/h16-19H,7-15H2,1-6H3. The average Bonchev–Trinajstić information content (AvgIpc) is 2.95. The SMILES string of the molecule is CCCCC1C(CCC)CCC1(C(=O)OCC(C)C)C(=O)OCC(C)C. The van der Waals surface area contributed by atoms with E-state index in [1.54, 1.807) is 0 Å². The molecule has 4 heteroatoms. The maximum Gasteiger partial charge on any atom is 0.323 e. The fourth-order valence-corrected chi connectivity index (χ4v) is 4.16. The number of ether oxygens (including phenoxy) is 2. The van der Waals surface area contributed by atoms with Crippen molar-refractivity contribution in [2.45, 2.75) is 86.5 Å². The molecule has 4 nitrogen and oxygen atoms in total. The molecule has 0 N–H and O–H groups in total. The van der Waals surface area contributed by atoms with E-state index in [0.29, 0.717) is 25.6 Å². The number of carbonyl (C=O) groups excluding carboxylic acids is 2. The third kappa shape index (κ3) is 5.72. The van der Waals surface area contributed by atoms with Gasteiger partial charge in [0.2, 0.25) is 0 Å². The highest BCUT2D eigenvalue weighted by Gasteiger charge is 2.60. The third-order valence-corrected chi connectivity index (χ3v) is 5.46. The Labute approximate surface area is 160 Å². The van der Waals surface area contributed by atoms with Crippen LogP contribution in [-0.4, -0.2) is 25.2 Å². The van der Waals surface area contributed by atoms with Crippen LogP contribution in [0.2, 0.25) is 0 Å². The molecule has 2 atom stereocenters. The van der Waals surface area contributed by atoms with Crippen LogP contribution in [0.3, 0.4) is 0 Å². The van der Waals surface area contributed by atoms with Crippen molar-refractivity contribution in [2.24, 2.45) is 29.1 Å². The fourth-order valence-electron chi connectivity index (χ4n) is 4.16. The van der Waals surface area contributed by atoms with Crippen molar-refractivity contribution in [3.63, 3.8) is 0 Å². The first-order valence-corrected chi connectivity index (χ1v) is 10.6. The lowest BCUT2D eigenvalue weighted by Gasteiger charge is -2.34. The first-order valence-electron chi connectivity index (χ1n) is 10.6. The Morgan fingerprint density at radius 1 is 0.923 bits per heavy atom. The molecule has 0 aliphatic heterocycles. The van der Waals surface area contributed by atoms with E-state index >= 15 is 0 Å². The predicted molar refractivity (Wildman–Crippen MR) is 105 cm³/mol. The van der Waals surface area contributed by atoms with Crippen LogP contribution >= 0.6 is 0 Å². The molecule has 1 saturated carbocycles. The monoisotopic (exact) mass is 368 g/mol. The molecule has 0 bridgehead atoms. The topological polar surface area (TPSA) is 52.6 Å². The van der Waals surface area contributed by atoms with Crippen molar-refractivity contribution in [3.05, 3.63) is 0 Å². The molecule has 0 aromatic rings. The molecule has 0 heterocycles. The highest BCUT2D eigenvalue weighted by Crippen LogP contribution is 2.52. The Hall–Kier alpha value is -1.06. The molecule has 1 fully saturated rings. The number of rotatable bonds is 11. The summed E-state index contributed by atoms with van der Waals surface area (Å²) in [7, 11) is 0. The molecule has 2 unspecified atom stereocenters. The molecule has 1 rings (SSSR count). The van der Waals surface area contributed by atoms with Gasteiger partial charge in [0.15, 0.2) is 5.41 Å². The fraction of sp³-hybridized carbons (Fsp3) is 0.909. The highest BCUT2D eigenvalue weighted by atomic mass is 16.6. The van der Waals surface area contributed by atoms with Gasteiger partial charge in [0.05, 0.1) is 13.2 Å². The summed E-state index contributed by atoms with van der Waals surface area (Å²) >= 11 is 0. The zero-order valence-electron chi connectivity index (χ0n) is 17.8. The summed E-state index contributed by atoms with van der Waals surface area (Å²) in [6.45, 7) is 13.1. The second-order valence-corrected chi connectivity index (χ2v) is 8.79. The lowest BCUT2D eigenvalue weighted by molar-refractivity contribution is -0.178. The summed E-state index contributed by atoms with van der Waals surface area (Å²) in [6.07, 6.45) is 6.61. The van der Waals surface area contributed by atoms with Gasteiger partial charge in [-0.1, -0.05) is 67.2 Å². The molecular weight excluding hydrogens is 328 g/mol. The van der Waals surface area contributed by atoms with Crippen molar-refractivity contribution in [2.75, 3.05) is 13.2 Å². The van der Waals surface area contributed by atoms with Crippen molar-refractivity contribution in [1.82, 2.24) is 0 Å². The number of carbonyl (C=O) groups is 2. The van der Waals surface area contributed by atoms with Crippen LogP contribution in [-0.2, 0) is 19.1 Å². The molecule has 0 spiro atoms. The zero-order valence-corrected chi connectivity index (χ0v) is 17.8. The molecule has 0 saturated heterocycles. The largest absolute Gasteiger partial charge is 0.465 e. The summed E-state index contributed by atoms with van der Waals surface area (Å²) in [5.41, 5.74) is -1.10. The lowest BCUT2D eigenvalue weighted by Crippen LogP contribution is -2.46. The number of esters is 2. The van der Waals surface area contributed by atoms with Crippen LogP contribution in [0, 0.1) is 29.1 Å². The van der Waals surface area contributed by atoms with Gasteiger partial charge in [-0.2, -0.15) is 0 Å². The van der Waals surface area contributed by atoms with Gasteiger partial charge in [-0.15, -0.1) is 0 Å².